The van der Waals surface area contributed by atoms with Gasteiger partial charge in [0, 0.05) is 11.4 Å². The SMILES string of the molecule is Cc1ccc(NC(=O)Nc2ccc(-c3cccc4cnc(N)n34)cc2)cc1F. The van der Waals surface area contributed by atoms with Crippen LogP contribution >= 0.6 is 0 Å². The summed E-state index contributed by atoms with van der Waals surface area (Å²) in [5.74, 6) is 0.0487. The number of fused-ring (bicyclic) bond motifs is 1. The minimum atomic E-state index is -0.447. The molecule has 0 saturated heterocycles. The van der Waals surface area contributed by atoms with Crippen LogP contribution in [0, 0.1) is 12.7 Å². The van der Waals surface area contributed by atoms with Crippen molar-refractivity contribution in [3.8, 4) is 11.3 Å². The number of rotatable bonds is 3. The molecule has 0 aliphatic carbocycles. The van der Waals surface area contributed by atoms with Crippen LogP contribution in [-0.4, -0.2) is 15.4 Å². The second-order valence-electron chi connectivity index (χ2n) is 6.41. The number of imidazole rings is 1. The number of carbonyl (C=O) groups is 1. The number of nitrogens with two attached hydrogens (primary N) is 1. The van der Waals surface area contributed by atoms with Crippen molar-refractivity contribution in [2.45, 2.75) is 6.92 Å². The number of hydrogen-bond donors (Lipinski definition) is 3. The average molecular weight is 375 g/mol. The maximum atomic E-state index is 13.6. The van der Waals surface area contributed by atoms with Gasteiger partial charge in [-0.15, -0.1) is 0 Å². The number of aromatic nitrogens is 2. The molecule has 0 fully saturated rings. The highest BCUT2D eigenvalue weighted by Gasteiger charge is 2.08. The lowest BCUT2D eigenvalue weighted by Gasteiger charge is -2.10. The van der Waals surface area contributed by atoms with Gasteiger partial charge in [0.1, 0.15) is 5.82 Å². The van der Waals surface area contributed by atoms with E-state index in [1.165, 1.54) is 6.07 Å². The highest BCUT2D eigenvalue weighted by atomic mass is 19.1. The lowest BCUT2D eigenvalue weighted by atomic mass is 10.1. The molecule has 0 unspecified atom stereocenters. The Morgan fingerprint density at radius 2 is 1.75 bits per heavy atom. The van der Waals surface area contributed by atoms with Crippen molar-refractivity contribution in [1.82, 2.24) is 9.38 Å². The second-order valence-corrected chi connectivity index (χ2v) is 6.41. The molecule has 0 atom stereocenters. The first-order chi connectivity index (χ1) is 13.5. The van der Waals surface area contributed by atoms with Crippen LogP contribution in [0.2, 0.25) is 0 Å². The van der Waals surface area contributed by atoms with Gasteiger partial charge in [-0.05, 0) is 54.4 Å². The number of halogens is 1. The Hall–Kier alpha value is -3.87. The number of nitrogens with one attached hydrogen (secondary N) is 2. The fraction of sp³-hybridized carbons (Fsp3) is 0.0476. The van der Waals surface area contributed by atoms with Crippen LogP contribution in [0.15, 0.2) is 66.9 Å². The van der Waals surface area contributed by atoms with Crippen LogP contribution < -0.4 is 16.4 Å². The Balaban J connectivity index is 1.51. The maximum absolute atomic E-state index is 13.6. The molecule has 4 rings (SSSR count). The molecule has 7 heteroatoms. The van der Waals surface area contributed by atoms with E-state index in [1.807, 2.05) is 34.7 Å². The Kier molecular flexibility index (Phi) is 4.41. The predicted molar refractivity (Wildman–Crippen MR) is 109 cm³/mol. The zero-order valence-electron chi connectivity index (χ0n) is 15.1. The summed E-state index contributed by atoms with van der Waals surface area (Å²) in [5, 5.41) is 5.34. The fourth-order valence-electron chi connectivity index (χ4n) is 2.99. The van der Waals surface area contributed by atoms with Crippen LogP contribution in [0.4, 0.5) is 26.5 Å². The molecule has 4 aromatic rings. The molecule has 4 N–H and O–H groups in total. The topological polar surface area (TPSA) is 84.5 Å². The summed E-state index contributed by atoms with van der Waals surface area (Å²) in [6.45, 7) is 1.67. The summed E-state index contributed by atoms with van der Waals surface area (Å²) in [6, 6.07) is 17.3. The fourth-order valence-corrected chi connectivity index (χ4v) is 2.99. The van der Waals surface area contributed by atoms with E-state index in [1.54, 1.807) is 37.4 Å². The molecule has 0 aliphatic heterocycles. The third kappa shape index (κ3) is 3.37. The molecule has 28 heavy (non-hydrogen) atoms. The molecule has 0 saturated carbocycles. The normalized spacial score (nSPS) is 10.8. The van der Waals surface area contributed by atoms with Gasteiger partial charge >= 0.3 is 6.03 Å². The van der Waals surface area contributed by atoms with Crippen LogP contribution in [0.25, 0.3) is 16.8 Å². The van der Waals surface area contributed by atoms with E-state index in [0.717, 1.165) is 16.8 Å². The van der Waals surface area contributed by atoms with Crippen LogP contribution in [0.1, 0.15) is 5.56 Å². The van der Waals surface area contributed by atoms with Crippen molar-refractivity contribution in [1.29, 1.82) is 0 Å². The number of nitrogen functional groups attached to an aromatic ring is 1. The lowest BCUT2D eigenvalue weighted by Crippen LogP contribution is -2.19. The number of urea groups is 1. The Morgan fingerprint density at radius 3 is 2.50 bits per heavy atom. The van der Waals surface area contributed by atoms with Gasteiger partial charge in [0.05, 0.1) is 17.4 Å². The maximum Gasteiger partial charge on any atom is 0.323 e. The van der Waals surface area contributed by atoms with Gasteiger partial charge in [-0.1, -0.05) is 24.3 Å². The van der Waals surface area contributed by atoms with E-state index >= 15 is 0 Å². The first kappa shape index (κ1) is 17.5. The molecular weight excluding hydrogens is 357 g/mol. The van der Waals surface area contributed by atoms with Gasteiger partial charge < -0.3 is 16.4 Å². The molecule has 140 valence electrons. The summed E-state index contributed by atoms with van der Waals surface area (Å²) in [6.07, 6.45) is 1.72. The number of aryl methyl sites for hydroxylation is 1. The zero-order valence-corrected chi connectivity index (χ0v) is 15.1. The van der Waals surface area contributed by atoms with Gasteiger partial charge in [-0.2, -0.15) is 0 Å². The van der Waals surface area contributed by atoms with Crippen molar-refractivity contribution in [2.24, 2.45) is 0 Å². The average Bonchev–Trinajstić information content (AvgIpc) is 3.07. The quantitative estimate of drug-likeness (QED) is 0.486. The molecule has 0 bridgehead atoms. The van der Waals surface area contributed by atoms with Gasteiger partial charge in [-0.25, -0.2) is 14.2 Å². The van der Waals surface area contributed by atoms with Crippen molar-refractivity contribution in [2.75, 3.05) is 16.4 Å². The lowest BCUT2D eigenvalue weighted by molar-refractivity contribution is 0.262. The molecule has 2 aromatic heterocycles. The van der Waals surface area contributed by atoms with E-state index in [0.29, 0.717) is 22.9 Å². The summed E-state index contributed by atoms with van der Waals surface area (Å²) < 4.78 is 15.5. The van der Waals surface area contributed by atoms with E-state index in [-0.39, 0.29) is 5.82 Å². The Labute approximate surface area is 160 Å². The number of nitrogens with zero attached hydrogens (tertiary/aromatic N) is 2. The number of amides is 2. The molecule has 2 heterocycles. The van der Waals surface area contributed by atoms with E-state index in [2.05, 4.69) is 15.6 Å². The minimum absolute atomic E-state index is 0.366. The van der Waals surface area contributed by atoms with E-state index in [4.69, 9.17) is 5.73 Å². The Morgan fingerprint density at radius 1 is 1.04 bits per heavy atom. The first-order valence-corrected chi connectivity index (χ1v) is 8.68. The predicted octanol–water partition coefficient (Wildman–Crippen LogP) is 4.68. The number of pyridine rings is 1. The first-order valence-electron chi connectivity index (χ1n) is 8.68. The highest BCUT2D eigenvalue weighted by molar-refractivity contribution is 5.99. The number of carbonyl (C=O) groups excluding carboxylic acids is 1. The molecule has 0 radical (unpaired) electrons. The zero-order chi connectivity index (χ0) is 19.7. The van der Waals surface area contributed by atoms with Crippen molar-refractivity contribution >= 4 is 28.9 Å². The van der Waals surface area contributed by atoms with Crippen LogP contribution in [0.3, 0.4) is 0 Å². The van der Waals surface area contributed by atoms with Gasteiger partial charge in [0.15, 0.2) is 0 Å². The molecule has 2 aromatic carbocycles. The third-order valence-electron chi connectivity index (χ3n) is 4.45. The summed E-state index contributed by atoms with van der Waals surface area (Å²) in [7, 11) is 0. The van der Waals surface area contributed by atoms with E-state index < -0.39 is 6.03 Å². The number of anilines is 3. The highest BCUT2D eigenvalue weighted by Crippen LogP contribution is 2.25. The minimum Gasteiger partial charge on any atom is -0.369 e. The molecular formula is C21H18FN5O. The van der Waals surface area contributed by atoms with E-state index in [9.17, 15) is 9.18 Å². The molecule has 2 amide bonds. The largest absolute Gasteiger partial charge is 0.369 e. The number of hydrogen-bond acceptors (Lipinski definition) is 3. The molecule has 0 aliphatic rings. The van der Waals surface area contributed by atoms with Gasteiger partial charge in [-0.3, -0.25) is 4.40 Å². The van der Waals surface area contributed by atoms with Crippen LogP contribution in [-0.2, 0) is 0 Å². The standard InChI is InChI=1S/C21H18FN5O/c1-13-5-8-16(11-18(13)22)26-21(28)25-15-9-6-14(7-10-15)19-4-2-3-17-12-24-20(23)27(17)19/h2-12H,1H3,(H2,23,24)(H2,25,26,28). The van der Waals surface area contributed by atoms with Crippen molar-refractivity contribution < 1.29 is 9.18 Å². The summed E-state index contributed by atoms with van der Waals surface area (Å²) >= 11 is 0. The summed E-state index contributed by atoms with van der Waals surface area (Å²) in [5.41, 5.74) is 10.2. The third-order valence-corrected chi connectivity index (χ3v) is 4.45. The smallest absolute Gasteiger partial charge is 0.323 e. The number of benzene rings is 2. The van der Waals surface area contributed by atoms with Crippen LogP contribution in [0.5, 0.6) is 0 Å². The second kappa shape index (κ2) is 7.03. The molecule has 0 spiro atoms. The van der Waals surface area contributed by atoms with Gasteiger partial charge in [0.2, 0.25) is 5.95 Å². The van der Waals surface area contributed by atoms with Gasteiger partial charge in [0.25, 0.3) is 0 Å². The Bertz CT molecular complexity index is 1170. The summed E-state index contributed by atoms with van der Waals surface area (Å²) in [4.78, 5) is 16.3. The van der Waals surface area contributed by atoms with Crippen molar-refractivity contribution in [3.05, 3.63) is 78.2 Å². The van der Waals surface area contributed by atoms with Crippen molar-refractivity contribution in [3.63, 3.8) is 0 Å². The molecule has 6 nitrogen and oxygen atoms in total. The monoisotopic (exact) mass is 375 g/mol.